The second kappa shape index (κ2) is 6.97. The van der Waals surface area contributed by atoms with Gasteiger partial charge >= 0.3 is 5.97 Å². The standard InChI is InChI=1S/C14H16ClNO3/c1-3-7-16(8-4-2)13(14(18)19)11-9-10(15)5-6-12(11)17/h3-6,9,13,17H,1-2,7-8H2,(H,18,19). The average molecular weight is 282 g/mol. The minimum atomic E-state index is -1.07. The van der Waals surface area contributed by atoms with E-state index < -0.39 is 12.0 Å². The van der Waals surface area contributed by atoms with Crippen LogP contribution in [0, 0.1) is 0 Å². The third-order valence-corrected chi connectivity index (χ3v) is 2.85. The number of hydrogen-bond donors (Lipinski definition) is 2. The quantitative estimate of drug-likeness (QED) is 0.755. The minimum absolute atomic E-state index is 0.102. The average Bonchev–Trinajstić information content (AvgIpc) is 2.34. The Labute approximate surface area is 117 Å². The molecule has 0 amide bonds. The molecule has 1 atom stereocenters. The summed E-state index contributed by atoms with van der Waals surface area (Å²) in [7, 11) is 0. The molecule has 0 aliphatic heterocycles. The van der Waals surface area contributed by atoms with Crippen LogP contribution in [0.1, 0.15) is 11.6 Å². The fourth-order valence-electron chi connectivity index (χ4n) is 1.85. The fraction of sp³-hybridized carbons (Fsp3) is 0.214. The molecule has 0 aliphatic rings. The molecule has 0 heterocycles. The van der Waals surface area contributed by atoms with Gasteiger partial charge < -0.3 is 10.2 Å². The molecular weight excluding hydrogens is 266 g/mol. The Morgan fingerprint density at radius 1 is 1.37 bits per heavy atom. The van der Waals surface area contributed by atoms with Crippen LogP contribution in [0.5, 0.6) is 5.75 Å². The summed E-state index contributed by atoms with van der Waals surface area (Å²) in [4.78, 5) is 13.1. The number of carboxylic acids is 1. The number of carbonyl (C=O) groups is 1. The zero-order valence-corrected chi connectivity index (χ0v) is 11.2. The van der Waals surface area contributed by atoms with Crippen LogP contribution in [0.15, 0.2) is 43.5 Å². The smallest absolute Gasteiger partial charge is 0.325 e. The molecule has 1 rings (SSSR count). The SMILES string of the molecule is C=CCN(CC=C)C(C(=O)O)c1cc(Cl)ccc1O. The second-order valence-electron chi connectivity index (χ2n) is 3.98. The van der Waals surface area contributed by atoms with Gasteiger partial charge in [0.1, 0.15) is 11.8 Å². The first-order chi connectivity index (χ1) is 9.01. The number of aromatic hydroxyl groups is 1. The van der Waals surface area contributed by atoms with Crippen LogP contribution >= 0.6 is 11.6 Å². The highest BCUT2D eigenvalue weighted by Crippen LogP contribution is 2.31. The van der Waals surface area contributed by atoms with E-state index in [9.17, 15) is 15.0 Å². The van der Waals surface area contributed by atoms with Crippen molar-refractivity contribution in [2.24, 2.45) is 0 Å². The largest absolute Gasteiger partial charge is 0.508 e. The van der Waals surface area contributed by atoms with Crippen LogP contribution in [0.25, 0.3) is 0 Å². The van der Waals surface area contributed by atoms with E-state index in [0.717, 1.165) is 0 Å². The molecule has 4 nitrogen and oxygen atoms in total. The number of carboxylic acid groups (broad SMARTS) is 1. The molecule has 5 heteroatoms. The van der Waals surface area contributed by atoms with Crippen molar-refractivity contribution < 1.29 is 15.0 Å². The molecule has 0 aromatic heterocycles. The predicted molar refractivity (Wildman–Crippen MR) is 75.5 cm³/mol. The Hall–Kier alpha value is -1.78. The Bertz CT molecular complexity index is 478. The van der Waals surface area contributed by atoms with Crippen molar-refractivity contribution >= 4 is 17.6 Å². The molecule has 2 N–H and O–H groups in total. The van der Waals surface area contributed by atoms with Crippen LogP contribution in [-0.2, 0) is 4.79 Å². The van der Waals surface area contributed by atoms with Crippen molar-refractivity contribution in [3.05, 3.63) is 54.1 Å². The van der Waals surface area contributed by atoms with E-state index in [1.54, 1.807) is 17.1 Å². The van der Waals surface area contributed by atoms with Crippen LogP contribution < -0.4 is 0 Å². The third kappa shape index (κ3) is 3.84. The van der Waals surface area contributed by atoms with Crippen LogP contribution in [0.2, 0.25) is 5.02 Å². The fourth-order valence-corrected chi connectivity index (χ4v) is 2.03. The third-order valence-electron chi connectivity index (χ3n) is 2.61. The Morgan fingerprint density at radius 2 is 1.95 bits per heavy atom. The lowest BCUT2D eigenvalue weighted by atomic mass is 10.0. The lowest BCUT2D eigenvalue weighted by Crippen LogP contribution is -2.34. The monoisotopic (exact) mass is 281 g/mol. The van der Waals surface area contributed by atoms with Gasteiger partial charge in [-0.25, -0.2) is 0 Å². The van der Waals surface area contributed by atoms with Gasteiger partial charge in [0.15, 0.2) is 0 Å². The lowest BCUT2D eigenvalue weighted by Gasteiger charge is -2.27. The maximum absolute atomic E-state index is 11.5. The number of rotatable bonds is 7. The summed E-state index contributed by atoms with van der Waals surface area (Å²) in [5, 5.41) is 19.6. The van der Waals surface area contributed by atoms with Crippen molar-refractivity contribution in [3.8, 4) is 5.75 Å². The molecule has 1 aromatic carbocycles. The summed E-state index contributed by atoms with van der Waals surface area (Å²) in [6.07, 6.45) is 3.20. The van der Waals surface area contributed by atoms with E-state index >= 15 is 0 Å². The van der Waals surface area contributed by atoms with E-state index in [0.29, 0.717) is 18.1 Å². The molecule has 0 radical (unpaired) electrons. The van der Waals surface area contributed by atoms with Crippen LogP contribution in [0.3, 0.4) is 0 Å². The summed E-state index contributed by atoms with van der Waals surface area (Å²) >= 11 is 5.86. The summed E-state index contributed by atoms with van der Waals surface area (Å²) in [5.74, 6) is -1.17. The molecule has 0 aliphatic carbocycles. The summed E-state index contributed by atoms with van der Waals surface area (Å²) in [6.45, 7) is 7.91. The maximum atomic E-state index is 11.5. The van der Waals surface area contributed by atoms with Crippen molar-refractivity contribution in [1.82, 2.24) is 4.90 Å². The zero-order chi connectivity index (χ0) is 14.4. The van der Waals surface area contributed by atoms with Crippen molar-refractivity contribution in [3.63, 3.8) is 0 Å². The predicted octanol–water partition coefficient (Wildman–Crippen LogP) is 2.85. The minimum Gasteiger partial charge on any atom is -0.508 e. The van der Waals surface area contributed by atoms with E-state index in [4.69, 9.17) is 11.6 Å². The normalized spacial score (nSPS) is 12.1. The first-order valence-corrected chi connectivity index (χ1v) is 6.06. The number of nitrogens with zero attached hydrogens (tertiary/aromatic N) is 1. The van der Waals surface area contributed by atoms with Gasteiger partial charge in [0.2, 0.25) is 0 Å². The van der Waals surface area contributed by atoms with Crippen molar-refractivity contribution in [2.75, 3.05) is 13.1 Å². The van der Waals surface area contributed by atoms with Gasteiger partial charge in [0.05, 0.1) is 0 Å². The van der Waals surface area contributed by atoms with E-state index in [1.165, 1.54) is 18.2 Å². The molecule has 0 bridgehead atoms. The van der Waals surface area contributed by atoms with E-state index in [2.05, 4.69) is 13.2 Å². The number of benzene rings is 1. The first kappa shape index (κ1) is 15.3. The molecule has 0 saturated heterocycles. The number of phenolic OH excluding ortho intramolecular Hbond substituents is 1. The lowest BCUT2D eigenvalue weighted by molar-refractivity contribution is -0.143. The molecule has 1 unspecified atom stereocenters. The van der Waals surface area contributed by atoms with Crippen LogP contribution in [0.4, 0.5) is 0 Å². The van der Waals surface area contributed by atoms with Gasteiger partial charge in [0, 0.05) is 23.7 Å². The Balaban J connectivity index is 3.24. The first-order valence-electron chi connectivity index (χ1n) is 5.68. The van der Waals surface area contributed by atoms with E-state index in [-0.39, 0.29) is 11.3 Å². The number of aliphatic carboxylic acids is 1. The highest BCUT2D eigenvalue weighted by atomic mass is 35.5. The number of phenols is 1. The molecule has 0 spiro atoms. The van der Waals surface area contributed by atoms with Gasteiger partial charge in [-0.05, 0) is 18.2 Å². The summed E-state index contributed by atoms with van der Waals surface area (Å²) in [5.41, 5.74) is 0.253. The van der Waals surface area contributed by atoms with Crippen molar-refractivity contribution in [2.45, 2.75) is 6.04 Å². The van der Waals surface area contributed by atoms with Gasteiger partial charge in [0.25, 0.3) is 0 Å². The van der Waals surface area contributed by atoms with Gasteiger partial charge in [-0.3, -0.25) is 9.69 Å². The van der Waals surface area contributed by atoms with Gasteiger partial charge in [-0.1, -0.05) is 23.8 Å². The molecule has 19 heavy (non-hydrogen) atoms. The van der Waals surface area contributed by atoms with Gasteiger partial charge in [-0.15, -0.1) is 13.2 Å². The molecule has 0 saturated carbocycles. The van der Waals surface area contributed by atoms with Gasteiger partial charge in [-0.2, -0.15) is 0 Å². The molecule has 102 valence electrons. The van der Waals surface area contributed by atoms with E-state index in [1.807, 2.05) is 0 Å². The van der Waals surface area contributed by atoms with Crippen LogP contribution in [-0.4, -0.2) is 34.2 Å². The molecule has 0 fully saturated rings. The molecular formula is C14H16ClNO3. The highest BCUT2D eigenvalue weighted by molar-refractivity contribution is 6.30. The number of halogens is 1. The highest BCUT2D eigenvalue weighted by Gasteiger charge is 2.28. The Kier molecular flexibility index (Phi) is 5.60. The zero-order valence-electron chi connectivity index (χ0n) is 10.4. The second-order valence-corrected chi connectivity index (χ2v) is 4.41. The number of hydrogen-bond acceptors (Lipinski definition) is 3. The summed E-state index contributed by atoms with van der Waals surface area (Å²) in [6, 6.07) is 3.34. The molecule has 1 aromatic rings. The summed E-state index contributed by atoms with van der Waals surface area (Å²) < 4.78 is 0. The Morgan fingerprint density at radius 3 is 2.42 bits per heavy atom. The van der Waals surface area contributed by atoms with Crippen molar-refractivity contribution in [1.29, 1.82) is 0 Å². The topological polar surface area (TPSA) is 60.8 Å². The maximum Gasteiger partial charge on any atom is 0.325 e.